The Balaban J connectivity index is 1.30. The summed E-state index contributed by atoms with van der Waals surface area (Å²) in [7, 11) is 0. The summed E-state index contributed by atoms with van der Waals surface area (Å²) in [6.07, 6.45) is 1.54. The quantitative estimate of drug-likeness (QED) is 0.744. The minimum atomic E-state index is -0.304. The number of carbonyl (C=O) groups is 1. The molecule has 1 aliphatic heterocycles. The first-order valence-electron chi connectivity index (χ1n) is 9.35. The molecule has 0 spiro atoms. The van der Waals surface area contributed by atoms with Gasteiger partial charge in [0.1, 0.15) is 5.82 Å². The fourth-order valence-corrected chi connectivity index (χ4v) is 3.32. The van der Waals surface area contributed by atoms with E-state index in [0.29, 0.717) is 37.0 Å². The van der Waals surface area contributed by atoms with Crippen molar-refractivity contribution in [1.82, 2.24) is 20.4 Å². The lowest BCUT2D eigenvalue weighted by atomic mass is 9.97. The van der Waals surface area contributed by atoms with Gasteiger partial charge in [0.2, 0.25) is 11.8 Å². The molecule has 1 N–H and O–H groups in total. The summed E-state index contributed by atoms with van der Waals surface area (Å²) < 4.78 is 18.8. The second-order valence-electron chi connectivity index (χ2n) is 6.86. The van der Waals surface area contributed by atoms with Gasteiger partial charge in [0, 0.05) is 31.1 Å². The van der Waals surface area contributed by atoms with Crippen LogP contribution in [0.3, 0.4) is 0 Å². The van der Waals surface area contributed by atoms with Crippen LogP contribution in [0, 0.1) is 5.82 Å². The number of carbonyl (C=O) groups excluding carboxylic acids is 1. The summed E-state index contributed by atoms with van der Waals surface area (Å²) >= 11 is 0. The first-order valence-corrected chi connectivity index (χ1v) is 9.35. The van der Waals surface area contributed by atoms with Gasteiger partial charge in [-0.15, -0.1) is 10.2 Å². The van der Waals surface area contributed by atoms with Gasteiger partial charge in [-0.2, -0.15) is 0 Å². The van der Waals surface area contributed by atoms with Crippen LogP contribution in [0.2, 0.25) is 0 Å². The average Bonchev–Trinajstić information content (AvgIpc) is 3.24. The second kappa shape index (κ2) is 8.21. The minimum absolute atomic E-state index is 0.0557. The highest BCUT2D eigenvalue weighted by atomic mass is 19.1. The van der Waals surface area contributed by atoms with Gasteiger partial charge in [0.25, 0.3) is 0 Å². The Kier molecular flexibility index (Phi) is 5.32. The van der Waals surface area contributed by atoms with Gasteiger partial charge in [-0.25, -0.2) is 9.18 Å². The Morgan fingerprint density at radius 2 is 1.79 bits per heavy atom. The summed E-state index contributed by atoms with van der Waals surface area (Å²) in [6, 6.07) is 15.8. The standard InChI is InChI=1S/C21H21FN4O2/c22-18-8-6-16(7-9-18)19-24-25-20(28-19)17-10-12-26(13-11-17)21(27)23-14-15-4-2-1-3-5-15/h1-9,17H,10-14H2,(H,23,27). The Bertz CT molecular complexity index is 919. The molecule has 2 heterocycles. The molecular weight excluding hydrogens is 359 g/mol. The number of hydrogen-bond donors (Lipinski definition) is 1. The highest BCUT2D eigenvalue weighted by Gasteiger charge is 2.27. The van der Waals surface area contributed by atoms with E-state index in [2.05, 4.69) is 15.5 Å². The van der Waals surface area contributed by atoms with Crippen molar-refractivity contribution in [3.05, 3.63) is 71.9 Å². The molecule has 0 aliphatic carbocycles. The van der Waals surface area contributed by atoms with Gasteiger partial charge >= 0.3 is 6.03 Å². The summed E-state index contributed by atoms with van der Waals surface area (Å²) in [6.45, 7) is 1.80. The Labute approximate surface area is 162 Å². The van der Waals surface area contributed by atoms with Crippen molar-refractivity contribution in [1.29, 1.82) is 0 Å². The van der Waals surface area contributed by atoms with E-state index < -0.39 is 0 Å². The van der Waals surface area contributed by atoms with Crippen molar-refractivity contribution in [2.45, 2.75) is 25.3 Å². The number of amides is 2. The van der Waals surface area contributed by atoms with E-state index in [-0.39, 0.29) is 17.8 Å². The summed E-state index contributed by atoms with van der Waals surface area (Å²) in [5.41, 5.74) is 1.77. The van der Waals surface area contributed by atoms with Crippen LogP contribution >= 0.6 is 0 Å². The zero-order valence-corrected chi connectivity index (χ0v) is 15.3. The van der Waals surface area contributed by atoms with Crippen LogP contribution < -0.4 is 5.32 Å². The molecule has 2 amide bonds. The number of hydrogen-bond acceptors (Lipinski definition) is 4. The van der Waals surface area contributed by atoms with Gasteiger partial charge in [-0.1, -0.05) is 30.3 Å². The minimum Gasteiger partial charge on any atom is -0.420 e. The molecule has 0 atom stereocenters. The number of nitrogens with zero attached hydrogens (tertiary/aromatic N) is 3. The third-order valence-electron chi connectivity index (χ3n) is 4.95. The van der Waals surface area contributed by atoms with Gasteiger partial charge in [0.05, 0.1) is 0 Å². The van der Waals surface area contributed by atoms with E-state index in [1.165, 1.54) is 12.1 Å². The lowest BCUT2D eigenvalue weighted by molar-refractivity contribution is 0.177. The molecule has 4 rings (SSSR count). The van der Waals surface area contributed by atoms with E-state index in [1.807, 2.05) is 35.2 Å². The molecule has 0 bridgehead atoms. The molecule has 6 nitrogen and oxygen atoms in total. The fourth-order valence-electron chi connectivity index (χ4n) is 3.32. The van der Waals surface area contributed by atoms with Crippen molar-refractivity contribution in [3.63, 3.8) is 0 Å². The maximum absolute atomic E-state index is 13.0. The SMILES string of the molecule is O=C(NCc1ccccc1)N1CCC(c2nnc(-c3ccc(F)cc3)o2)CC1. The predicted octanol–water partition coefficient (Wildman–Crippen LogP) is 3.96. The van der Waals surface area contributed by atoms with Crippen molar-refractivity contribution >= 4 is 6.03 Å². The van der Waals surface area contributed by atoms with E-state index in [0.717, 1.165) is 18.4 Å². The molecule has 0 radical (unpaired) electrons. The second-order valence-corrected chi connectivity index (χ2v) is 6.86. The third-order valence-corrected chi connectivity index (χ3v) is 4.95. The fraction of sp³-hybridized carbons (Fsp3) is 0.286. The molecule has 1 aromatic heterocycles. The van der Waals surface area contributed by atoms with Crippen LogP contribution in [0.5, 0.6) is 0 Å². The molecule has 28 heavy (non-hydrogen) atoms. The van der Waals surface area contributed by atoms with E-state index in [1.54, 1.807) is 12.1 Å². The summed E-state index contributed by atoms with van der Waals surface area (Å²) in [5, 5.41) is 11.2. The number of benzene rings is 2. The van der Waals surface area contributed by atoms with Crippen LogP contribution in [0.15, 0.2) is 59.0 Å². The zero-order valence-electron chi connectivity index (χ0n) is 15.3. The maximum Gasteiger partial charge on any atom is 0.317 e. The lowest BCUT2D eigenvalue weighted by Gasteiger charge is -2.30. The number of piperidine rings is 1. The number of urea groups is 1. The van der Waals surface area contributed by atoms with Crippen LogP contribution in [-0.4, -0.2) is 34.2 Å². The lowest BCUT2D eigenvalue weighted by Crippen LogP contribution is -2.43. The molecule has 7 heteroatoms. The van der Waals surface area contributed by atoms with E-state index >= 15 is 0 Å². The molecule has 1 saturated heterocycles. The third kappa shape index (κ3) is 4.19. The van der Waals surface area contributed by atoms with Gasteiger partial charge in [0.15, 0.2) is 0 Å². The average molecular weight is 380 g/mol. The normalized spacial score (nSPS) is 14.8. The van der Waals surface area contributed by atoms with Crippen molar-refractivity contribution in [2.75, 3.05) is 13.1 Å². The zero-order chi connectivity index (χ0) is 19.3. The molecule has 144 valence electrons. The van der Waals surface area contributed by atoms with Crippen molar-refractivity contribution in [3.8, 4) is 11.5 Å². The molecule has 0 unspecified atom stereocenters. The largest absolute Gasteiger partial charge is 0.420 e. The van der Waals surface area contributed by atoms with Crippen LogP contribution in [0.4, 0.5) is 9.18 Å². The predicted molar refractivity (Wildman–Crippen MR) is 102 cm³/mol. The topological polar surface area (TPSA) is 71.3 Å². The maximum atomic E-state index is 13.0. The first-order chi connectivity index (χ1) is 13.7. The number of nitrogens with one attached hydrogen (secondary N) is 1. The summed E-state index contributed by atoms with van der Waals surface area (Å²) in [4.78, 5) is 14.2. The molecule has 3 aromatic rings. The number of halogens is 1. The monoisotopic (exact) mass is 380 g/mol. The van der Waals surface area contributed by atoms with Crippen LogP contribution in [0.1, 0.15) is 30.2 Å². The molecule has 1 aliphatic rings. The number of likely N-dealkylation sites (tertiary alicyclic amines) is 1. The molecule has 2 aromatic carbocycles. The highest BCUT2D eigenvalue weighted by molar-refractivity contribution is 5.74. The van der Waals surface area contributed by atoms with Crippen molar-refractivity contribution in [2.24, 2.45) is 0 Å². The molecule has 0 saturated carbocycles. The van der Waals surface area contributed by atoms with Crippen molar-refractivity contribution < 1.29 is 13.6 Å². The first kappa shape index (κ1) is 18.2. The Hall–Kier alpha value is -3.22. The van der Waals surface area contributed by atoms with Crippen LogP contribution in [-0.2, 0) is 6.54 Å². The number of rotatable bonds is 4. The van der Waals surface area contributed by atoms with E-state index in [4.69, 9.17) is 4.42 Å². The molecule has 1 fully saturated rings. The van der Waals surface area contributed by atoms with Gasteiger partial charge < -0.3 is 14.6 Å². The smallest absolute Gasteiger partial charge is 0.317 e. The Morgan fingerprint density at radius 3 is 2.50 bits per heavy atom. The summed E-state index contributed by atoms with van der Waals surface area (Å²) in [5.74, 6) is 0.781. The van der Waals surface area contributed by atoms with Crippen LogP contribution in [0.25, 0.3) is 11.5 Å². The number of aromatic nitrogens is 2. The van der Waals surface area contributed by atoms with E-state index in [9.17, 15) is 9.18 Å². The molecular formula is C21H21FN4O2. The van der Waals surface area contributed by atoms with Gasteiger partial charge in [-0.3, -0.25) is 0 Å². The Morgan fingerprint density at radius 1 is 1.07 bits per heavy atom. The van der Waals surface area contributed by atoms with Gasteiger partial charge in [-0.05, 0) is 42.7 Å². The highest BCUT2D eigenvalue weighted by Crippen LogP contribution is 2.29.